The van der Waals surface area contributed by atoms with Crippen molar-refractivity contribution in [3.8, 4) is 0 Å². The van der Waals surface area contributed by atoms with Gasteiger partial charge in [-0.3, -0.25) is 4.79 Å². The number of carbonyl (C=O) groups excluding carboxylic acids is 1. The van der Waals surface area contributed by atoms with E-state index in [4.69, 9.17) is 0 Å². The van der Waals surface area contributed by atoms with Crippen molar-refractivity contribution >= 4 is 22.6 Å². The number of amides is 1. The molecule has 2 heterocycles. The Bertz CT molecular complexity index is 976. The molecule has 0 bridgehead atoms. The van der Waals surface area contributed by atoms with Crippen LogP contribution < -0.4 is 4.90 Å². The van der Waals surface area contributed by atoms with E-state index in [0.29, 0.717) is 19.4 Å². The molecule has 1 atom stereocenters. The van der Waals surface area contributed by atoms with Crippen LogP contribution in [0.25, 0.3) is 0 Å². The molecular formula is C23H25FN4OS. The standard InChI is InChI=1S/C23H25FN4OS/c1-17-16-27(13-14-28(17)22(29)12-9-18-5-3-2-4-6-18)23-25-21(26-30-23)15-19-7-10-20(24)11-8-19/h2-8,10-11,17H,9,12-16H2,1H3. The molecule has 30 heavy (non-hydrogen) atoms. The molecular weight excluding hydrogens is 399 g/mol. The fourth-order valence-electron chi connectivity index (χ4n) is 3.77. The van der Waals surface area contributed by atoms with Crippen LogP contribution in [0.3, 0.4) is 0 Å². The molecule has 5 nitrogen and oxygen atoms in total. The Hall–Kier alpha value is -2.80. The van der Waals surface area contributed by atoms with Gasteiger partial charge >= 0.3 is 0 Å². The number of aryl methyl sites for hydroxylation is 1. The van der Waals surface area contributed by atoms with Gasteiger partial charge in [-0.2, -0.15) is 4.37 Å². The van der Waals surface area contributed by atoms with Crippen LogP contribution in [0, 0.1) is 5.82 Å². The molecule has 1 aliphatic rings. The van der Waals surface area contributed by atoms with E-state index >= 15 is 0 Å². The number of aromatic nitrogens is 2. The van der Waals surface area contributed by atoms with Gasteiger partial charge < -0.3 is 9.80 Å². The van der Waals surface area contributed by atoms with Crippen molar-refractivity contribution in [2.45, 2.75) is 32.2 Å². The lowest BCUT2D eigenvalue weighted by atomic mass is 10.1. The van der Waals surface area contributed by atoms with Crippen LogP contribution >= 0.6 is 11.5 Å². The molecule has 1 amide bonds. The van der Waals surface area contributed by atoms with Gasteiger partial charge in [-0.15, -0.1) is 0 Å². The van der Waals surface area contributed by atoms with Crippen molar-refractivity contribution < 1.29 is 9.18 Å². The maximum absolute atomic E-state index is 13.1. The monoisotopic (exact) mass is 424 g/mol. The summed E-state index contributed by atoms with van der Waals surface area (Å²) in [6.45, 7) is 4.30. The highest BCUT2D eigenvalue weighted by Crippen LogP contribution is 2.23. The first-order valence-corrected chi connectivity index (χ1v) is 11.0. The third-order valence-corrected chi connectivity index (χ3v) is 6.24. The first-order valence-electron chi connectivity index (χ1n) is 10.2. The second kappa shape index (κ2) is 9.34. The zero-order valence-electron chi connectivity index (χ0n) is 17.0. The molecule has 156 valence electrons. The number of hydrogen-bond donors (Lipinski definition) is 0. The van der Waals surface area contributed by atoms with Gasteiger partial charge in [0.1, 0.15) is 11.6 Å². The van der Waals surface area contributed by atoms with E-state index in [1.54, 1.807) is 12.1 Å². The van der Waals surface area contributed by atoms with Crippen molar-refractivity contribution in [2.75, 3.05) is 24.5 Å². The number of carbonyl (C=O) groups is 1. The molecule has 1 saturated heterocycles. The predicted molar refractivity (Wildman–Crippen MR) is 117 cm³/mol. The van der Waals surface area contributed by atoms with Gasteiger partial charge in [0, 0.05) is 50.1 Å². The van der Waals surface area contributed by atoms with Crippen LogP contribution in [0.1, 0.15) is 30.3 Å². The first-order chi connectivity index (χ1) is 14.6. The number of hydrogen-bond acceptors (Lipinski definition) is 5. The zero-order chi connectivity index (χ0) is 20.9. The average molecular weight is 425 g/mol. The first kappa shape index (κ1) is 20.5. The van der Waals surface area contributed by atoms with Gasteiger partial charge in [0.15, 0.2) is 0 Å². The molecule has 1 aliphatic heterocycles. The summed E-state index contributed by atoms with van der Waals surface area (Å²) >= 11 is 1.38. The molecule has 0 radical (unpaired) electrons. The van der Waals surface area contributed by atoms with Crippen molar-refractivity contribution in [3.63, 3.8) is 0 Å². The Morgan fingerprint density at radius 2 is 1.87 bits per heavy atom. The second-order valence-corrected chi connectivity index (χ2v) is 8.39. The maximum atomic E-state index is 13.1. The number of piperazine rings is 1. The lowest BCUT2D eigenvalue weighted by Crippen LogP contribution is -2.54. The highest BCUT2D eigenvalue weighted by molar-refractivity contribution is 7.09. The normalized spacial score (nSPS) is 16.7. The van der Waals surface area contributed by atoms with Crippen LogP contribution in [0.4, 0.5) is 9.52 Å². The Morgan fingerprint density at radius 1 is 1.10 bits per heavy atom. The largest absolute Gasteiger partial charge is 0.343 e. The van der Waals surface area contributed by atoms with Gasteiger partial charge in [0.05, 0.1) is 0 Å². The van der Waals surface area contributed by atoms with Crippen LogP contribution in [0.5, 0.6) is 0 Å². The van der Waals surface area contributed by atoms with Crippen molar-refractivity contribution in [2.24, 2.45) is 0 Å². The van der Waals surface area contributed by atoms with Crippen LogP contribution in [-0.2, 0) is 17.6 Å². The molecule has 7 heteroatoms. The molecule has 3 aromatic rings. The third kappa shape index (κ3) is 5.02. The van der Waals surface area contributed by atoms with Crippen LogP contribution in [0.15, 0.2) is 54.6 Å². The van der Waals surface area contributed by atoms with Gasteiger partial charge in [0.2, 0.25) is 11.0 Å². The minimum Gasteiger partial charge on any atom is -0.343 e. The molecule has 0 aliphatic carbocycles. The minimum atomic E-state index is -0.240. The molecule has 4 rings (SSSR count). The summed E-state index contributed by atoms with van der Waals surface area (Å²) in [5, 5.41) is 0.885. The van der Waals surface area contributed by atoms with Gasteiger partial charge in [-0.1, -0.05) is 42.5 Å². The average Bonchev–Trinajstić information content (AvgIpc) is 3.23. The molecule has 0 saturated carbocycles. The summed E-state index contributed by atoms with van der Waals surface area (Å²) in [5.41, 5.74) is 2.18. The van der Waals surface area contributed by atoms with E-state index < -0.39 is 0 Å². The van der Waals surface area contributed by atoms with Crippen molar-refractivity contribution in [1.29, 1.82) is 0 Å². The highest BCUT2D eigenvalue weighted by Gasteiger charge is 2.28. The molecule has 1 unspecified atom stereocenters. The summed E-state index contributed by atoms with van der Waals surface area (Å²) in [6.07, 6.45) is 1.90. The van der Waals surface area contributed by atoms with E-state index in [9.17, 15) is 9.18 Å². The Kier molecular flexibility index (Phi) is 6.38. The zero-order valence-corrected chi connectivity index (χ0v) is 17.8. The minimum absolute atomic E-state index is 0.131. The number of benzene rings is 2. The highest BCUT2D eigenvalue weighted by atomic mass is 32.1. The second-order valence-electron chi connectivity index (χ2n) is 7.66. The predicted octanol–water partition coefficient (Wildman–Crippen LogP) is 3.94. The Morgan fingerprint density at radius 3 is 2.60 bits per heavy atom. The van der Waals surface area contributed by atoms with Crippen molar-refractivity contribution in [1.82, 2.24) is 14.3 Å². The third-order valence-electron chi connectivity index (χ3n) is 5.42. The van der Waals surface area contributed by atoms with Gasteiger partial charge in [-0.25, -0.2) is 9.37 Å². The Balaban J connectivity index is 1.31. The number of nitrogens with zero attached hydrogens (tertiary/aromatic N) is 4. The molecule has 1 aromatic heterocycles. The number of halogens is 1. The lowest BCUT2D eigenvalue weighted by molar-refractivity contribution is -0.133. The molecule has 0 N–H and O–H groups in total. The molecule has 0 spiro atoms. The van der Waals surface area contributed by atoms with Gasteiger partial charge in [0.25, 0.3) is 0 Å². The fourth-order valence-corrected chi connectivity index (χ4v) is 4.49. The maximum Gasteiger partial charge on any atom is 0.223 e. The SMILES string of the molecule is CC1CN(c2nc(Cc3ccc(F)cc3)ns2)CCN1C(=O)CCc1ccccc1. The van der Waals surface area contributed by atoms with Crippen LogP contribution in [-0.4, -0.2) is 45.8 Å². The van der Waals surface area contributed by atoms with E-state index in [-0.39, 0.29) is 17.8 Å². The van der Waals surface area contributed by atoms with Gasteiger partial charge in [-0.05, 0) is 36.6 Å². The smallest absolute Gasteiger partial charge is 0.223 e. The summed E-state index contributed by atoms with van der Waals surface area (Å²) < 4.78 is 17.5. The summed E-state index contributed by atoms with van der Waals surface area (Å²) in [6, 6.07) is 16.7. The van der Waals surface area contributed by atoms with E-state index in [1.165, 1.54) is 29.2 Å². The summed E-state index contributed by atoms with van der Waals surface area (Å²) in [5.74, 6) is 0.715. The summed E-state index contributed by atoms with van der Waals surface area (Å²) in [4.78, 5) is 21.6. The summed E-state index contributed by atoms with van der Waals surface area (Å²) in [7, 11) is 0. The van der Waals surface area contributed by atoms with E-state index in [1.807, 2.05) is 23.1 Å². The van der Waals surface area contributed by atoms with Crippen molar-refractivity contribution in [3.05, 3.63) is 77.4 Å². The van der Waals surface area contributed by atoms with E-state index in [2.05, 4.69) is 33.3 Å². The van der Waals surface area contributed by atoms with E-state index in [0.717, 1.165) is 36.0 Å². The molecule has 1 fully saturated rings. The lowest BCUT2D eigenvalue weighted by Gasteiger charge is -2.39. The quantitative estimate of drug-likeness (QED) is 0.602. The number of anilines is 1. The Labute approximate surface area is 180 Å². The van der Waals surface area contributed by atoms with Crippen LogP contribution in [0.2, 0.25) is 0 Å². The fraction of sp³-hybridized carbons (Fsp3) is 0.348. The topological polar surface area (TPSA) is 49.3 Å². The molecule has 2 aromatic carbocycles. The number of rotatable bonds is 6.